The van der Waals surface area contributed by atoms with Gasteiger partial charge in [0, 0.05) is 7.11 Å². The van der Waals surface area contributed by atoms with Crippen LogP contribution in [0.1, 0.15) is 0 Å². The molecule has 1 radical (unpaired) electrons. The Labute approximate surface area is 48.8 Å². The van der Waals surface area contributed by atoms with Gasteiger partial charge in [0.1, 0.15) is 6.10 Å². The summed E-state index contributed by atoms with van der Waals surface area (Å²) in [4.78, 5) is 0. The Morgan fingerprint density at radius 3 is 2.38 bits per heavy atom. The molecule has 0 spiro atoms. The third kappa shape index (κ3) is 1.10. The number of dihydropyridines is 1. The fraction of sp³-hybridized carbons (Fsp3) is 0.167. The fourth-order valence-electron chi connectivity index (χ4n) is 0.508. The molecule has 8 heavy (non-hydrogen) atoms. The Morgan fingerprint density at radius 2 is 2.00 bits per heavy atom. The van der Waals surface area contributed by atoms with Crippen LogP contribution in [0.3, 0.4) is 0 Å². The maximum absolute atomic E-state index is 4.89. The highest BCUT2D eigenvalue weighted by Crippen LogP contribution is 2.05. The Hall–Kier alpha value is -0.760. The zero-order chi connectivity index (χ0) is 5.82. The zero-order valence-electron chi connectivity index (χ0n) is 4.72. The maximum atomic E-state index is 4.89. The SMILES string of the molecule is CO[C]1C=CNC=C1. The average molecular weight is 110 g/mol. The molecule has 0 fully saturated rings. The van der Waals surface area contributed by atoms with Gasteiger partial charge in [0.2, 0.25) is 0 Å². The number of hydrogen-bond donors (Lipinski definition) is 1. The van der Waals surface area contributed by atoms with Crippen LogP contribution >= 0.6 is 0 Å². The van der Waals surface area contributed by atoms with Crippen LogP contribution in [-0.4, -0.2) is 7.11 Å². The predicted octanol–water partition coefficient (Wildman–Crippen LogP) is 0.795. The Balaban J connectivity index is 2.42. The molecule has 2 heteroatoms. The molecule has 0 saturated heterocycles. The lowest BCUT2D eigenvalue weighted by Crippen LogP contribution is -2.03. The molecule has 0 aliphatic carbocycles. The van der Waals surface area contributed by atoms with Gasteiger partial charge in [-0.05, 0) is 24.6 Å². The van der Waals surface area contributed by atoms with Gasteiger partial charge in [-0.15, -0.1) is 0 Å². The molecule has 1 rings (SSSR count). The number of hydrogen-bond acceptors (Lipinski definition) is 2. The van der Waals surface area contributed by atoms with Crippen molar-refractivity contribution in [2.75, 3.05) is 7.11 Å². The minimum absolute atomic E-state index is 0.878. The van der Waals surface area contributed by atoms with Crippen LogP contribution in [0.15, 0.2) is 24.6 Å². The molecule has 0 amide bonds. The molecule has 0 aromatic rings. The van der Waals surface area contributed by atoms with Crippen LogP contribution in [0.25, 0.3) is 0 Å². The van der Waals surface area contributed by atoms with Crippen molar-refractivity contribution < 1.29 is 4.74 Å². The summed E-state index contributed by atoms with van der Waals surface area (Å²) in [6.45, 7) is 0. The molecule has 1 N–H and O–H groups in total. The van der Waals surface area contributed by atoms with Gasteiger partial charge in [-0.3, -0.25) is 0 Å². The molecule has 0 bridgehead atoms. The van der Waals surface area contributed by atoms with E-state index in [2.05, 4.69) is 5.32 Å². The van der Waals surface area contributed by atoms with E-state index >= 15 is 0 Å². The monoisotopic (exact) mass is 110 g/mol. The molecule has 43 valence electrons. The third-order valence-electron chi connectivity index (χ3n) is 0.923. The summed E-state index contributed by atoms with van der Waals surface area (Å²) in [5.41, 5.74) is 0. The topological polar surface area (TPSA) is 21.3 Å². The molecule has 0 atom stereocenters. The van der Waals surface area contributed by atoms with Crippen LogP contribution < -0.4 is 5.32 Å². The lowest BCUT2D eigenvalue weighted by atomic mass is 10.3. The van der Waals surface area contributed by atoms with Crippen LogP contribution in [0.5, 0.6) is 0 Å². The summed E-state index contributed by atoms with van der Waals surface area (Å²) in [5, 5.41) is 2.89. The smallest absolute Gasteiger partial charge is 0.143 e. The minimum Gasteiger partial charge on any atom is -0.368 e. The summed E-state index contributed by atoms with van der Waals surface area (Å²) in [7, 11) is 1.65. The summed E-state index contributed by atoms with van der Waals surface area (Å²) < 4.78 is 4.89. The lowest BCUT2D eigenvalue weighted by molar-refractivity contribution is 0.256. The van der Waals surface area contributed by atoms with Crippen molar-refractivity contribution in [2.45, 2.75) is 0 Å². The highest BCUT2D eigenvalue weighted by atomic mass is 16.5. The quantitative estimate of drug-likeness (QED) is 0.539. The van der Waals surface area contributed by atoms with E-state index in [1.165, 1.54) is 0 Å². The molecule has 1 aliphatic heterocycles. The van der Waals surface area contributed by atoms with Gasteiger partial charge in [0.25, 0.3) is 0 Å². The summed E-state index contributed by atoms with van der Waals surface area (Å²) in [5.74, 6) is 0. The second kappa shape index (κ2) is 2.52. The van der Waals surface area contributed by atoms with Crippen molar-refractivity contribution in [3.8, 4) is 0 Å². The molecule has 0 unspecified atom stereocenters. The molecule has 0 aromatic heterocycles. The standard InChI is InChI=1S/C6H8NO/c1-8-6-2-4-7-5-3-6/h2-5,7H,1H3. The normalized spacial score (nSPS) is 18.6. The van der Waals surface area contributed by atoms with E-state index in [9.17, 15) is 0 Å². The van der Waals surface area contributed by atoms with Crippen molar-refractivity contribution in [3.63, 3.8) is 0 Å². The van der Waals surface area contributed by atoms with Gasteiger partial charge in [-0.2, -0.15) is 0 Å². The Kier molecular flexibility index (Phi) is 1.70. The van der Waals surface area contributed by atoms with Gasteiger partial charge in [-0.1, -0.05) is 0 Å². The van der Waals surface area contributed by atoms with Crippen LogP contribution in [0, 0.1) is 6.10 Å². The average Bonchev–Trinajstić information content (AvgIpc) is 1.90. The first kappa shape index (κ1) is 5.38. The van der Waals surface area contributed by atoms with E-state index in [4.69, 9.17) is 4.74 Å². The maximum Gasteiger partial charge on any atom is 0.143 e. The van der Waals surface area contributed by atoms with E-state index < -0.39 is 0 Å². The first-order valence-electron chi connectivity index (χ1n) is 2.43. The van der Waals surface area contributed by atoms with Gasteiger partial charge < -0.3 is 10.1 Å². The largest absolute Gasteiger partial charge is 0.368 e. The van der Waals surface area contributed by atoms with E-state index in [0.717, 1.165) is 6.10 Å². The zero-order valence-corrected chi connectivity index (χ0v) is 4.72. The van der Waals surface area contributed by atoms with Crippen LogP contribution in [-0.2, 0) is 4.74 Å². The number of ether oxygens (including phenoxy) is 1. The number of methoxy groups -OCH3 is 1. The van der Waals surface area contributed by atoms with E-state index in [0.29, 0.717) is 0 Å². The number of nitrogens with one attached hydrogen (secondary N) is 1. The molecular formula is C6H8NO. The van der Waals surface area contributed by atoms with E-state index in [1.807, 2.05) is 24.6 Å². The summed E-state index contributed by atoms with van der Waals surface area (Å²) in [6.07, 6.45) is 8.24. The van der Waals surface area contributed by atoms with Crippen molar-refractivity contribution in [2.24, 2.45) is 0 Å². The summed E-state index contributed by atoms with van der Waals surface area (Å²) >= 11 is 0. The second-order valence-corrected chi connectivity index (χ2v) is 1.44. The van der Waals surface area contributed by atoms with Gasteiger partial charge in [0.05, 0.1) is 0 Å². The van der Waals surface area contributed by atoms with Crippen molar-refractivity contribution >= 4 is 0 Å². The second-order valence-electron chi connectivity index (χ2n) is 1.44. The van der Waals surface area contributed by atoms with E-state index in [1.54, 1.807) is 7.11 Å². The summed E-state index contributed by atoms with van der Waals surface area (Å²) in [6, 6.07) is 0. The number of rotatable bonds is 1. The predicted molar refractivity (Wildman–Crippen MR) is 31.7 cm³/mol. The molecule has 1 heterocycles. The Morgan fingerprint density at radius 1 is 1.38 bits per heavy atom. The lowest BCUT2D eigenvalue weighted by Gasteiger charge is -2.06. The van der Waals surface area contributed by atoms with Gasteiger partial charge in [-0.25, -0.2) is 0 Å². The fourth-order valence-corrected chi connectivity index (χ4v) is 0.508. The van der Waals surface area contributed by atoms with Crippen LogP contribution in [0.2, 0.25) is 0 Å². The first-order valence-corrected chi connectivity index (χ1v) is 2.43. The Bertz CT molecular complexity index is 106. The molecule has 0 saturated carbocycles. The highest BCUT2D eigenvalue weighted by molar-refractivity contribution is 5.20. The van der Waals surface area contributed by atoms with Crippen LogP contribution in [0.4, 0.5) is 0 Å². The van der Waals surface area contributed by atoms with Crippen molar-refractivity contribution in [1.29, 1.82) is 0 Å². The minimum atomic E-state index is 0.878. The molecular weight excluding hydrogens is 102 g/mol. The van der Waals surface area contributed by atoms with Crippen molar-refractivity contribution in [3.05, 3.63) is 30.7 Å². The molecule has 0 aromatic carbocycles. The van der Waals surface area contributed by atoms with Gasteiger partial charge >= 0.3 is 0 Å². The molecule has 2 nitrogen and oxygen atoms in total. The third-order valence-corrected chi connectivity index (χ3v) is 0.923. The van der Waals surface area contributed by atoms with Crippen molar-refractivity contribution in [1.82, 2.24) is 5.32 Å². The first-order chi connectivity index (χ1) is 3.93. The highest BCUT2D eigenvalue weighted by Gasteiger charge is 1.98. The van der Waals surface area contributed by atoms with Gasteiger partial charge in [0.15, 0.2) is 0 Å². The van der Waals surface area contributed by atoms with E-state index in [-0.39, 0.29) is 0 Å². The molecule has 1 aliphatic rings.